The normalized spacial score (nSPS) is 17.4. The van der Waals surface area contributed by atoms with Gasteiger partial charge in [-0.05, 0) is 19.8 Å². The van der Waals surface area contributed by atoms with Gasteiger partial charge in [0.2, 0.25) is 0 Å². The molecule has 0 aromatic carbocycles. The van der Waals surface area contributed by atoms with Gasteiger partial charge in [0, 0.05) is 12.4 Å². The van der Waals surface area contributed by atoms with Crippen molar-refractivity contribution in [3.05, 3.63) is 23.8 Å². The molecule has 0 radical (unpaired) electrons. The maximum atomic E-state index is 12.0. The van der Waals surface area contributed by atoms with E-state index in [2.05, 4.69) is 15.3 Å². The summed E-state index contributed by atoms with van der Waals surface area (Å²) in [6.45, 7) is 1.72. The third kappa shape index (κ3) is 2.32. The van der Waals surface area contributed by atoms with Crippen LogP contribution in [-0.4, -0.2) is 32.5 Å². The topological polar surface area (TPSA) is 92.2 Å². The minimum absolute atomic E-state index is 0.285. The molecular weight excluding hydrogens is 234 g/mol. The van der Waals surface area contributed by atoms with Crippen molar-refractivity contribution >= 4 is 11.9 Å². The molecule has 96 valence electrons. The molecule has 6 heteroatoms. The Morgan fingerprint density at radius 1 is 1.28 bits per heavy atom. The van der Waals surface area contributed by atoms with Crippen LogP contribution in [0, 0.1) is 6.92 Å². The minimum Gasteiger partial charge on any atom is -0.480 e. The van der Waals surface area contributed by atoms with Crippen LogP contribution in [0.15, 0.2) is 12.4 Å². The predicted octanol–water partition coefficient (Wildman–Crippen LogP) is 0.912. The number of rotatable bonds is 3. The monoisotopic (exact) mass is 249 g/mol. The predicted molar refractivity (Wildman–Crippen MR) is 63.1 cm³/mol. The third-order valence-electron chi connectivity index (χ3n) is 3.26. The first-order valence-electron chi connectivity index (χ1n) is 5.88. The summed E-state index contributed by atoms with van der Waals surface area (Å²) in [5.41, 5.74) is -0.838. The van der Waals surface area contributed by atoms with Crippen LogP contribution in [-0.2, 0) is 4.79 Å². The Labute approximate surface area is 104 Å². The maximum absolute atomic E-state index is 12.0. The first-order chi connectivity index (χ1) is 8.53. The highest BCUT2D eigenvalue weighted by molar-refractivity contribution is 5.97. The summed E-state index contributed by atoms with van der Waals surface area (Å²) in [4.78, 5) is 31.1. The molecule has 1 aliphatic carbocycles. The fourth-order valence-electron chi connectivity index (χ4n) is 2.17. The number of nitrogens with zero attached hydrogens (tertiary/aromatic N) is 2. The number of carboxylic acid groups (broad SMARTS) is 1. The summed E-state index contributed by atoms with van der Waals surface area (Å²) in [6, 6.07) is 0. The zero-order chi connectivity index (χ0) is 13.2. The molecule has 1 saturated carbocycles. The average Bonchev–Trinajstić information content (AvgIpc) is 2.79. The molecule has 1 aromatic heterocycles. The zero-order valence-electron chi connectivity index (χ0n) is 10.1. The van der Waals surface area contributed by atoms with E-state index in [0.29, 0.717) is 18.7 Å². The lowest BCUT2D eigenvalue weighted by Gasteiger charge is -2.25. The van der Waals surface area contributed by atoms with E-state index in [0.717, 1.165) is 12.8 Å². The van der Waals surface area contributed by atoms with Crippen LogP contribution in [0.3, 0.4) is 0 Å². The van der Waals surface area contributed by atoms with Crippen LogP contribution < -0.4 is 5.32 Å². The van der Waals surface area contributed by atoms with Gasteiger partial charge >= 0.3 is 5.97 Å². The Bertz CT molecular complexity index is 464. The van der Waals surface area contributed by atoms with Gasteiger partial charge in [-0.1, -0.05) is 12.8 Å². The molecule has 1 aliphatic rings. The molecular formula is C12H15N3O3. The average molecular weight is 249 g/mol. The molecule has 18 heavy (non-hydrogen) atoms. The lowest BCUT2D eigenvalue weighted by atomic mass is 9.97. The maximum Gasteiger partial charge on any atom is 0.329 e. The third-order valence-corrected chi connectivity index (χ3v) is 3.26. The fourth-order valence-corrected chi connectivity index (χ4v) is 2.17. The number of aryl methyl sites for hydroxylation is 1. The summed E-state index contributed by atoms with van der Waals surface area (Å²) in [5, 5.41) is 11.9. The highest BCUT2D eigenvalue weighted by atomic mass is 16.4. The van der Waals surface area contributed by atoms with Crippen LogP contribution >= 0.6 is 0 Å². The van der Waals surface area contributed by atoms with E-state index in [1.165, 1.54) is 12.4 Å². The number of hydrogen-bond donors (Lipinski definition) is 2. The van der Waals surface area contributed by atoms with Gasteiger partial charge in [-0.2, -0.15) is 0 Å². The summed E-state index contributed by atoms with van der Waals surface area (Å²) in [6.07, 6.45) is 5.39. The molecule has 1 heterocycles. The van der Waals surface area contributed by atoms with Crippen LogP contribution in [0.5, 0.6) is 0 Å². The van der Waals surface area contributed by atoms with Gasteiger partial charge in [-0.25, -0.2) is 14.8 Å². The molecule has 2 rings (SSSR count). The number of nitrogens with one attached hydrogen (secondary N) is 1. The van der Waals surface area contributed by atoms with Crippen molar-refractivity contribution < 1.29 is 14.7 Å². The SMILES string of the molecule is Cc1ncc(C(=O)NC2(C(=O)O)CCCC2)cn1. The number of aliphatic carboxylic acids is 1. The summed E-state index contributed by atoms with van der Waals surface area (Å²) in [7, 11) is 0. The first kappa shape index (κ1) is 12.5. The molecule has 0 aliphatic heterocycles. The molecule has 0 saturated heterocycles. The van der Waals surface area contributed by atoms with Gasteiger partial charge in [-0.3, -0.25) is 4.79 Å². The number of hydrogen-bond acceptors (Lipinski definition) is 4. The Balaban J connectivity index is 2.15. The van der Waals surface area contributed by atoms with Crippen LogP contribution in [0.4, 0.5) is 0 Å². The highest BCUT2D eigenvalue weighted by Crippen LogP contribution is 2.30. The lowest BCUT2D eigenvalue weighted by Crippen LogP contribution is -2.52. The van der Waals surface area contributed by atoms with Gasteiger partial charge in [0.15, 0.2) is 0 Å². The Kier molecular flexibility index (Phi) is 3.27. The van der Waals surface area contributed by atoms with Crippen molar-refractivity contribution in [2.24, 2.45) is 0 Å². The largest absolute Gasteiger partial charge is 0.480 e. The quantitative estimate of drug-likeness (QED) is 0.830. The summed E-state index contributed by atoms with van der Waals surface area (Å²) >= 11 is 0. The van der Waals surface area contributed by atoms with Gasteiger partial charge in [-0.15, -0.1) is 0 Å². The fraction of sp³-hybridized carbons (Fsp3) is 0.500. The molecule has 2 N–H and O–H groups in total. The van der Waals surface area contributed by atoms with Crippen molar-refractivity contribution in [2.45, 2.75) is 38.1 Å². The first-order valence-corrected chi connectivity index (χ1v) is 5.88. The summed E-state index contributed by atoms with van der Waals surface area (Å²) < 4.78 is 0. The molecule has 0 atom stereocenters. The van der Waals surface area contributed by atoms with Crippen LogP contribution in [0.1, 0.15) is 41.9 Å². The second kappa shape index (κ2) is 4.72. The van der Waals surface area contributed by atoms with E-state index in [1.54, 1.807) is 6.92 Å². The Morgan fingerprint density at radius 2 is 1.83 bits per heavy atom. The Hall–Kier alpha value is -1.98. The van der Waals surface area contributed by atoms with E-state index in [4.69, 9.17) is 0 Å². The van der Waals surface area contributed by atoms with Gasteiger partial charge in [0.1, 0.15) is 11.4 Å². The lowest BCUT2D eigenvalue weighted by molar-refractivity contribution is -0.144. The van der Waals surface area contributed by atoms with Crippen molar-refractivity contribution in [3.8, 4) is 0 Å². The second-order valence-electron chi connectivity index (χ2n) is 4.57. The van der Waals surface area contributed by atoms with Crippen LogP contribution in [0.25, 0.3) is 0 Å². The van der Waals surface area contributed by atoms with Crippen molar-refractivity contribution in [3.63, 3.8) is 0 Å². The van der Waals surface area contributed by atoms with E-state index < -0.39 is 17.4 Å². The molecule has 0 unspecified atom stereocenters. The van der Waals surface area contributed by atoms with E-state index in [-0.39, 0.29) is 5.56 Å². The van der Waals surface area contributed by atoms with E-state index >= 15 is 0 Å². The van der Waals surface area contributed by atoms with Gasteiger partial charge in [0.05, 0.1) is 5.56 Å². The van der Waals surface area contributed by atoms with Gasteiger partial charge < -0.3 is 10.4 Å². The molecule has 0 spiro atoms. The molecule has 0 bridgehead atoms. The van der Waals surface area contributed by atoms with Crippen LogP contribution in [0.2, 0.25) is 0 Å². The van der Waals surface area contributed by atoms with Crippen molar-refractivity contribution in [2.75, 3.05) is 0 Å². The number of amides is 1. The second-order valence-corrected chi connectivity index (χ2v) is 4.57. The van der Waals surface area contributed by atoms with E-state index in [9.17, 15) is 14.7 Å². The molecule has 6 nitrogen and oxygen atoms in total. The smallest absolute Gasteiger partial charge is 0.329 e. The van der Waals surface area contributed by atoms with E-state index in [1.807, 2.05) is 0 Å². The Morgan fingerprint density at radius 3 is 2.33 bits per heavy atom. The van der Waals surface area contributed by atoms with Crippen molar-refractivity contribution in [1.29, 1.82) is 0 Å². The molecule has 1 aromatic rings. The number of aromatic nitrogens is 2. The highest BCUT2D eigenvalue weighted by Gasteiger charge is 2.42. The minimum atomic E-state index is -1.12. The summed E-state index contributed by atoms with van der Waals surface area (Å²) in [5.74, 6) is -0.832. The zero-order valence-corrected chi connectivity index (χ0v) is 10.1. The molecule has 1 fully saturated rings. The number of carbonyl (C=O) groups is 2. The standard InChI is InChI=1S/C12H15N3O3/c1-8-13-6-9(7-14-8)10(16)15-12(11(17)18)4-2-3-5-12/h6-7H,2-5H2,1H3,(H,15,16)(H,17,18). The number of carbonyl (C=O) groups excluding carboxylic acids is 1. The van der Waals surface area contributed by atoms with Gasteiger partial charge in [0.25, 0.3) is 5.91 Å². The van der Waals surface area contributed by atoms with Crippen molar-refractivity contribution in [1.82, 2.24) is 15.3 Å². The molecule has 1 amide bonds. The number of carboxylic acids is 1.